The first-order chi connectivity index (χ1) is 58.2. The first kappa shape index (κ1) is 114. The van der Waals surface area contributed by atoms with E-state index >= 15 is 0 Å². The normalized spacial score (nSPS) is 14.5. The molecule has 0 amide bonds. The average molecular weight is 1700 g/mol. The van der Waals surface area contributed by atoms with Crippen LogP contribution in [0.4, 0.5) is 0 Å². The van der Waals surface area contributed by atoms with E-state index in [1.807, 2.05) is 0 Å². The maximum absolute atomic E-state index is 13.0. The number of phosphoric ester groups is 2. The van der Waals surface area contributed by atoms with Crippen LogP contribution >= 0.6 is 15.6 Å². The number of hydrogen-bond donors (Lipinski definition) is 4. The van der Waals surface area contributed by atoms with Crippen molar-refractivity contribution in [3.05, 3.63) is 170 Å². The molecule has 0 aliphatic heterocycles. The number of ether oxygens (including phenoxy) is 3. The summed E-state index contributed by atoms with van der Waals surface area (Å²) in [4.78, 5) is 59.0. The van der Waals surface area contributed by atoms with Crippen molar-refractivity contribution < 1.29 is 75.8 Å². The molecule has 0 aromatic carbocycles. The summed E-state index contributed by atoms with van der Waals surface area (Å²) in [5.41, 5.74) is 0. The van der Waals surface area contributed by atoms with Gasteiger partial charge in [-0.3, -0.25) is 32.5 Å². The Balaban J connectivity index is 4.46. The molecule has 0 heterocycles. The average Bonchev–Trinajstić information content (AvgIpc) is 0.902. The summed E-state index contributed by atoms with van der Waals surface area (Å²) in [7, 11) is -9.82. The highest BCUT2D eigenvalue weighted by atomic mass is 31.2. The fourth-order valence-electron chi connectivity index (χ4n) is 12.9. The van der Waals surface area contributed by atoms with Gasteiger partial charge >= 0.3 is 33.6 Å². The lowest BCUT2D eigenvalue weighted by atomic mass is 10.0. The largest absolute Gasteiger partial charge is 0.472 e. The van der Waals surface area contributed by atoms with Gasteiger partial charge in [0.15, 0.2) is 6.10 Å². The number of phosphoric acid groups is 2. The molecule has 0 radical (unpaired) electrons. The molecule has 682 valence electrons. The Bertz CT molecular complexity index is 2840. The van der Waals surface area contributed by atoms with Crippen LogP contribution in [-0.2, 0) is 55.8 Å². The molecule has 18 heteroatoms. The van der Waals surface area contributed by atoms with Crippen LogP contribution in [0.2, 0.25) is 0 Å². The fraction of sp³-hybridized carbons (Fsp3) is 0.693. The SMILES string of the molecule is CC/C=C\C/C=C\C/C=C\C/C=C\C/C=C\CCCCCCCCCCCCCCCCCCCCCC(=O)OCC(O)COP(=O)(O)OCC(O)COP(=O)(O)OCC(COC(=O)CCCCCCCCCCCCCCCCC/C=C\C/C=C\C/C=C\C/C=C\C/C=C\CC)OC(=O)CCCCCC/C=C\C/C=C\C/C=C\C/C=C\CC. The number of aliphatic hydroxyl groups excluding tert-OH is 2. The minimum absolute atomic E-state index is 0.0740. The lowest BCUT2D eigenvalue weighted by Gasteiger charge is -2.21. The van der Waals surface area contributed by atoms with Gasteiger partial charge in [-0.2, -0.15) is 0 Å². The molecule has 16 nitrogen and oxygen atoms in total. The molecule has 0 bridgehead atoms. The Morgan fingerprint density at radius 2 is 0.420 bits per heavy atom. The van der Waals surface area contributed by atoms with Crippen LogP contribution in [0.1, 0.15) is 393 Å². The third kappa shape index (κ3) is 93.5. The lowest BCUT2D eigenvalue weighted by molar-refractivity contribution is -0.161. The third-order valence-corrected chi connectivity index (χ3v) is 21.8. The molecule has 0 saturated heterocycles. The van der Waals surface area contributed by atoms with E-state index in [1.165, 1.54) is 173 Å². The van der Waals surface area contributed by atoms with E-state index in [0.29, 0.717) is 19.3 Å². The molecular weight excluding hydrogens is 1530 g/mol. The van der Waals surface area contributed by atoms with E-state index in [4.69, 9.17) is 32.3 Å². The number of carbonyl (C=O) groups is 3. The highest BCUT2D eigenvalue weighted by Gasteiger charge is 2.30. The summed E-state index contributed by atoms with van der Waals surface area (Å²) in [5.74, 6) is -1.59. The van der Waals surface area contributed by atoms with E-state index in [0.717, 1.165) is 161 Å². The maximum atomic E-state index is 13.0. The summed E-state index contributed by atoms with van der Waals surface area (Å²) in [6, 6.07) is 0. The van der Waals surface area contributed by atoms with Crippen LogP contribution in [0.5, 0.6) is 0 Å². The van der Waals surface area contributed by atoms with E-state index in [1.54, 1.807) is 0 Å². The quantitative estimate of drug-likeness (QED) is 0.0146. The van der Waals surface area contributed by atoms with Gasteiger partial charge in [-0.25, -0.2) is 9.13 Å². The molecule has 5 atom stereocenters. The first-order valence-corrected chi connectivity index (χ1v) is 50.4. The van der Waals surface area contributed by atoms with Crippen molar-refractivity contribution in [2.45, 2.75) is 411 Å². The molecule has 119 heavy (non-hydrogen) atoms. The van der Waals surface area contributed by atoms with Crippen molar-refractivity contribution >= 4 is 33.6 Å². The van der Waals surface area contributed by atoms with Gasteiger partial charge in [-0.15, -0.1) is 0 Å². The van der Waals surface area contributed by atoms with E-state index in [2.05, 4.69) is 191 Å². The summed E-state index contributed by atoms with van der Waals surface area (Å²) in [6.07, 6.45) is 120. The van der Waals surface area contributed by atoms with Crippen molar-refractivity contribution in [2.75, 3.05) is 39.6 Å². The van der Waals surface area contributed by atoms with Crippen LogP contribution in [0.15, 0.2) is 170 Å². The first-order valence-electron chi connectivity index (χ1n) is 47.4. The third-order valence-electron chi connectivity index (χ3n) is 19.9. The van der Waals surface area contributed by atoms with E-state index in [9.17, 15) is 43.5 Å². The second-order valence-corrected chi connectivity index (χ2v) is 34.3. The lowest BCUT2D eigenvalue weighted by Crippen LogP contribution is -2.30. The number of aliphatic hydroxyl groups is 2. The molecule has 0 fully saturated rings. The molecule has 4 N–H and O–H groups in total. The van der Waals surface area contributed by atoms with Crippen LogP contribution in [0, 0.1) is 0 Å². The number of esters is 3. The standard InChI is InChI=1S/C101H172O16P2/c1-4-7-10-13-16-19-22-25-28-31-33-35-37-39-41-43-45-46-47-48-50-52-53-55-57-59-61-64-66-69-72-75-78-81-84-87-99(104)111-90-96(102)91-113-118(107,108)114-92-97(103)93-115-119(109,110)116-95-98(117-101(106)89-86-83-80-77-74-71-68-63-30-27-24-21-18-15-12-9-6-3)94-112-100(105)88-85-82-79-76-73-70-67-65-62-60-58-56-54-51-49-44-42-40-38-36-34-32-29-26-23-20-17-14-11-8-5-2/h7-12,16-21,25-30,33-36,39-42,68,71,96-98,102-103H,4-6,13-15,22-24,31-32,37-38,43-67,69-70,72-95H2,1-3H3,(H,107,108)(H,109,110)/b10-7-,11-8-,12-9-,19-16-,20-17-,21-18-,28-25-,29-26-,30-27-,35-33-,36-34-,41-39-,42-40-,71-68-. The number of rotatable bonds is 89. The van der Waals surface area contributed by atoms with Crippen LogP contribution in [0.3, 0.4) is 0 Å². The Hall–Kier alpha value is -5.09. The highest BCUT2D eigenvalue weighted by Crippen LogP contribution is 2.45. The number of unbranched alkanes of at least 4 members (excludes halogenated alkanes) is 38. The summed E-state index contributed by atoms with van der Waals surface area (Å²) in [6.45, 7) is 2.36. The zero-order chi connectivity index (χ0) is 86.5. The van der Waals surface area contributed by atoms with Gasteiger partial charge in [-0.1, -0.05) is 396 Å². The van der Waals surface area contributed by atoms with Crippen LogP contribution in [-0.4, -0.2) is 95.9 Å². The van der Waals surface area contributed by atoms with E-state index in [-0.39, 0.29) is 19.3 Å². The molecular formula is C101H172O16P2. The smallest absolute Gasteiger partial charge is 0.463 e. The second kappa shape index (κ2) is 92.1. The van der Waals surface area contributed by atoms with Crippen molar-refractivity contribution in [3.63, 3.8) is 0 Å². The Morgan fingerprint density at radius 1 is 0.235 bits per heavy atom. The van der Waals surface area contributed by atoms with Gasteiger partial charge in [0.25, 0.3) is 0 Å². The summed E-state index contributed by atoms with van der Waals surface area (Å²) >= 11 is 0. The highest BCUT2D eigenvalue weighted by molar-refractivity contribution is 7.47. The minimum atomic E-state index is -4.95. The molecule has 0 rings (SSSR count). The van der Waals surface area contributed by atoms with Crippen molar-refractivity contribution in [1.29, 1.82) is 0 Å². The number of hydrogen-bond acceptors (Lipinski definition) is 14. The zero-order valence-corrected chi connectivity index (χ0v) is 77.0. The topological polar surface area (TPSA) is 231 Å². The summed E-state index contributed by atoms with van der Waals surface area (Å²) in [5, 5.41) is 20.7. The molecule has 5 unspecified atom stereocenters. The monoisotopic (exact) mass is 1700 g/mol. The Morgan fingerprint density at radius 3 is 0.664 bits per heavy atom. The van der Waals surface area contributed by atoms with Gasteiger partial charge < -0.3 is 34.2 Å². The van der Waals surface area contributed by atoms with Crippen molar-refractivity contribution in [3.8, 4) is 0 Å². The predicted molar refractivity (Wildman–Crippen MR) is 500 cm³/mol. The number of carbonyl (C=O) groups excluding carboxylic acids is 3. The van der Waals surface area contributed by atoms with Gasteiger partial charge in [0.1, 0.15) is 25.4 Å². The van der Waals surface area contributed by atoms with Crippen LogP contribution in [0.25, 0.3) is 0 Å². The van der Waals surface area contributed by atoms with Gasteiger partial charge in [0.2, 0.25) is 0 Å². The van der Waals surface area contributed by atoms with Crippen LogP contribution < -0.4 is 0 Å². The van der Waals surface area contributed by atoms with Crippen molar-refractivity contribution in [1.82, 2.24) is 0 Å². The second-order valence-electron chi connectivity index (χ2n) is 31.4. The summed E-state index contributed by atoms with van der Waals surface area (Å²) < 4.78 is 61.5. The van der Waals surface area contributed by atoms with Gasteiger partial charge in [-0.05, 0) is 148 Å². The van der Waals surface area contributed by atoms with Crippen molar-refractivity contribution in [2.24, 2.45) is 0 Å². The molecule has 0 aromatic heterocycles. The minimum Gasteiger partial charge on any atom is -0.463 e. The molecule has 0 aliphatic carbocycles. The fourth-order valence-corrected chi connectivity index (χ4v) is 14.4. The number of allylic oxidation sites excluding steroid dienone is 28. The Labute approximate surface area is 726 Å². The Kier molecular flexibility index (Phi) is 88.2. The molecule has 0 spiro atoms. The molecule has 0 aliphatic rings. The molecule has 0 saturated carbocycles. The molecule has 0 aromatic rings. The van der Waals surface area contributed by atoms with Gasteiger partial charge in [0, 0.05) is 19.3 Å². The maximum Gasteiger partial charge on any atom is 0.472 e. The predicted octanol–water partition coefficient (Wildman–Crippen LogP) is 29.4. The zero-order valence-electron chi connectivity index (χ0n) is 75.2. The van der Waals surface area contributed by atoms with E-state index < -0.39 is 91.5 Å². The van der Waals surface area contributed by atoms with Gasteiger partial charge in [0.05, 0.1) is 26.4 Å².